The standard InChI is InChI=1S/C21H27N3O4S/c1-3-28-21(25)14-19-16-24(29(26,27)20-9-7-17(2)8-10-20)13-12-23(19)15-18-6-4-5-11-22-18/h4-11,19H,3,12-16H2,1-2H3. The van der Waals surface area contributed by atoms with Gasteiger partial charge >= 0.3 is 5.97 Å². The van der Waals surface area contributed by atoms with Crippen LogP contribution in [-0.4, -0.2) is 60.9 Å². The smallest absolute Gasteiger partial charge is 0.307 e. The van der Waals surface area contributed by atoms with Gasteiger partial charge < -0.3 is 4.74 Å². The Morgan fingerprint density at radius 1 is 1.17 bits per heavy atom. The van der Waals surface area contributed by atoms with Crippen LogP contribution in [0.4, 0.5) is 0 Å². The lowest BCUT2D eigenvalue weighted by atomic mass is 10.1. The zero-order valence-electron chi connectivity index (χ0n) is 16.8. The van der Waals surface area contributed by atoms with Crippen LogP contribution < -0.4 is 0 Å². The number of benzene rings is 1. The van der Waals surface area contributed by atoms with Crippen LogP contribution in [0.5, 0.6) is 0 Å². The van der Waals surface area contributed by atoms with Gasteiger partial charge in [0, 0.05) is 38.4 Å². The summed E-state index contributed by atoms with van der Waals surface area (Å²) in [7, 11) is -3.62. The molecule has 1 aromatic heterocycles. The van der Waals surface area contributed by atoms with Gasteiger partial charge in [0.15, 0.2) is 0 Å². The summed E-state index contributed by atoms with van der Waals surface area (Å²) in [5, 5.41) is 0. The van der Waals surface area contributed by atoms with Crippen LogP contribution in [0.2, 0.25) is 0 Å². The first kappa shape index (κ1) is 21.4. The van der Waals surface area contributed by atoms with E-state index in [0.717, 1.165) is 11.3 Å². The minimum Gasteiger partial charge on any atom is -0.466 e. The average Bonchev–Trinajstić information content (AvgIpc) is 2.70. The Bertz CT molecular complexity index is 917. The van der Waals surface area contributed by atoms with E-state index in [-0.39, 0.29) is 29.9 Å². The Morgan fingerprint density at radius 2 is 1.93 bits per heavy atom. The third-order valence-corrected chi connectivity index (χ3v) is 6.90. The van der Waals surface area contributed by atoms with Gasteiger partial charge in [-0.25, -0.2) is 8.42 Å². The third kappa shape index (κ3) is 5.41. The molecule has 0 spiro atoms. The molecule has 2 heterocycles. The van der Waals surface area contributed by atoms with Gasteiger partial charge in [-0.05, 0) is 38.1 Å². The van der Waals surface area contributed by atoms with Crippen LogP contribution >= 0.6 is 0 Å². The van der Waals surface area contributed by atoms with Crippen LogP contribution in [0.15, 0.2) is 53.6 Å². The molecule has 0 radical (unpaired) electrons. The van der Waals surface area contributed by atoms with E-state index in [9.17, 15) is 13.2 Å². The molecule has 1 aliphatic heterocycles. The molecule has 7 nitrogen and oxygen atoms in total. The van der Waals surface area contributed by atoms with Gasteiger partial charge in [0.2, 0.25) is 10.0 Å². The fourth-order valence-electron chi connectivity index (χ4n) is 3.46. The van der Waals surface area contributed by atoms with Crippen LogP contribution in [0.1, 0.15) is 24.6 Å². The number of nitrogens with zero attached hydrogens (tertiary/aromatic N) is 3. The highest BCUT2D eigenvalue weighted by Gasteiger charge is 2.35. The normalized spacial score (nSPS) is 18.5. The summed E-state index contributed by atoms with van der Waals surface area (Å²) >= 11 is 0. The fraction of sp³-hybridized carbons (Fsp3) is 0.429. The Morgan fingerprint density at radius 3 is 2.59 bits per heavy atom. The quantitative estimate of drug-likeness (QED) is 0.643. The van der Waals surface area contributed by atoms with E-state index in [2.05, 4.69) is 9.88 Å². The predicted octanol–water partition coefficient (Wildman–Crippen LogP) is 2.22. The van der Waals surface area contributed by atoms with Crippen molar-refractivity contribution in [1.29, 1.82) is 0 Å². The number of hydrogen-bond acceptors (Lipinski definition) is 6. The number of ether oxygens (including phenoxy) is 1. The molecule has 1 aliphatic rings. The number of aryl methyl sites for hydroxylation is 1. The number of hydrogen-bond donors (Lipinski definition) is 0. The number of rotatable bonds is 7. The van der Waals surface area contributed by atoms with Crippen molar-refractivity contribution < 1.29 is 17.9 Å². The third-order valence-electron chi connectivity index (χ3n) is 5.03. The van der Waals surface area contributed by atoms with Crippen molar-refractivity contribution in [2.75, 3.05) is 26.2 Å². The second-order valence-electron chi connectivity index (χ2n) is 7.13. The van der Waals surface area contributed by atoms with Crippen LogP contribution in [0, 0.1) is 6.92 Å². The van der Waals surface area contributed by atoms with Crippen molar-refractivity contribution in [2.45, 2.75) is 37.8 Å². The first-order valence-corrected chi connectivity index (χ1v) is 11.2. The van der Waals surface area contributed by atoms with Gasteiger partial charge in [-0.1, -0.05) is 23.8 Å². The average molecular weight is 418 g/mol. The van der Waals surface area contributed by atoms with Crippen LogP contribution in [0.3, 0.4) is 0 Å². The molecule has 3 rings (SSSR count). The summed E-state index contributed by atoms with van der Waals surface area (Å²) < 4.78 is 32.8. The van der Waals surface area contributed by atoms with Gasteiger partial charge in [0.05, 0.1) is 23.6 Å². The molecule has 0 amide bonds. The van der Waals surface area contributed by atoms with Crippen molar-refractivity contribution in [3.63, 3.8) is 0 Å². The van der Waals surface area contributed by atoms with E-state index in [1.165, 1.54) is 4.31 Å². The highest BCUT2D eigenvalue weighted by Crippen LogP contribution is 2.23. The highest BCUT2D eigenvalue weighted by molar-refractivity contribution is 7.89. The number of pyridine rings is 1. The van der Waals surface area contributed by atoms with Gasteiger partial charge in [0.25, 0.3) is 0 Å². The lowest BCUT2D eigenvalue weighted by molar-refractivity contribution is -0.145. The Hall–Kier alpha value is -2.29. The van der Waals surface area contributed by atoms with Gasteiger partial charge in [-0.2, -0.15) is 4.31 Å². The van der Waals surface area contributed by atoms with Crippen molar-refractivity contribution in [2.24, 2.45) is 0 Å². The molecule has 1 unspecified atom stereocenters. The number of esters is 1. The highest BCUT2D eigenvalue weighted by atomic mass is 32.2. The zero-order valence-corrected chi connectivity index (χ0v) is 17.6. The molecule has 0 bridgehead atoms. The minimum absolute atomic E-state index is 0.139. The molecule has 2 aromatic rings. The van der Waals surface area contributed by atoms with Crippen molar-refractivity contribution in [3.05, 3.63) is 59.9 Å². The van der Waals surface area contributed by atoms with E-state index < -0.39 is 10.0 Å². The maximum Gasteiger partial charge on any atom is 0.307 e. The lowest BCUT2D eigenvalue weighted by Crippen LogP contribution is -2.54. The summed E-state index contributed by atoms with van der Waals surface area (Å²) in [6, 6.07) is 12.3. The monoisotopic (exact) mass is 417 g/mol. The first-order chi connectivity index (χ1) is 13.9. The molecule has 1 aromatic carbocycles. The summed E-state index contributed by atoms with van der Waals surface area (Å²) in [6.07, 6.45) is 1.87. The predicted molar refractivity (Wildman–Crippen MR) is 110 cm³/mol. The summed E-state index contributed by atoms with van der Waals surface area (Å²) in [5.74, 6) is -0.321. The lowest BCUT2D eigenvalue weighted by Gasteiger charge is -2.40. The molecular formula is C21H27N3O4S. The number of carbonyl (C=O) groups excluding carboxylic acids is 1. The number of carbonyl (C=O) groups is 1. The maximum atomic E-state index is 13.1. The first-order valence-electron chi connectivity index (χ1n) is 9.76. The fourth-order valence-corrected chi connectivity index (χ4v) is 4.92. The van der Waals surface area contributed by atoms with Gasteiger partial charge in [0.1, 0.15) is 0 Å². The van der Waals surface area contributed by atoms with Gasteiger partial charge in [-0.3, -0.25) is 14.7 Å². The Balaban J connectivity index is 1.79. The van der Waals surface area contributed by atoms with E-state index in [1.807, 2.05) is 25.1 Å². The topological polar surface area (TPSA) is 79.8 Å². The van der Waals surface area contributed by atoms with Crippen LogP contribution in [-0.2, 0) is 26.1 Å². The van der Waals surface area contributed by atoms with Gasteiger partial charge in [-0.15, -0.1) is 0 Å². The molecule has 1 atom stereocenters. The van der Waals surface area contributed by atoms with Crippen molar-refractivity contribution >= 4 is 16.0 Å². The summed E-state index contributed by atoms with van der Waals surface area (Å²) in [4.78, 5) is 18.9. The van der Waals surface area contributed by atoms with E-state index >= 15 is 0 Å². The molecule has 0 N–H and O–H groups in total. The van der Waals surface area contributed by atoms with E-state index in [4.69, 9.17) is 4.74 Å². The second-order valence-corrected chi connectivity index (χ2v) is 9.07. The molecule has 0 saturated carbocycles. The molecule has 156 valence electrons. The zero-order chi connectivity index (χ0) is 20.9. The Labute approximate surface area is 172 Å². The van der Waals surface area contributed by atoms with Crippen molar-refractivity contribution in [1.82, 2.24) is 14.2 Å². The molecule has 1 fully saturated rings. The molecule has 1 saturated heterocycles. The number of sulfonamides is 1. The molecule has 8 heteroatoms. The van der Waals surface area contributed by atoms with E-state index in [0.29, 0.717) is 26.2 Å². The van der Waals surface area contributed by atoms with E-state index in [1.54, 1.807) is 37.4 Å². The maximum absolute atomic E-state index is 13.1. The molecule has 29 heavy (non-hydrogen) atoms. The molecule has 0 aliphatic carbocycles. The second kappa shape index (κ2) is 9.47. The number of piperazine rings is 1. The number of aromatic nitrogens is 1. The molecular weight excluding hydrogens is 390 g/mol. The summed E-state index contributed by atoms with van der Waals surface area (Å²) in [6.45, 7) is 5.66. The minimum atomic E-state index is -3.62. The van der Waals surface area contributed by atoms with Crippen LogP contribution in [0.25, 0.3) is 0 Å². The van der Waals surface area contributed by atoms with Crippen molar-refractivity contribution in [3.8, 4) is 0 Å². The summed E-state index contributed by atoms with van der Waals surface area (Å²) in [5.41, 5.74) is 1.89. The Kier molecular flexibility index (Phi) is 7.00. The SMILES string of the molecule is CCOC(=O)CC1CN(S(=O)(=O)c2ccc(C)cc2)CCN1Cc1ccccn1. The largest absolute Gasteiger partial charge is 0.466 e.